The number of hydrogen-bond donors (Lipinski definition) is 1. The van der Waals surface area contributed by atoms with Crippen molar-refractivity contribution in [2.75, 3.05) is 18.0 Å². The third kappa shape index (κ3) is 2.90. The zero-order valence-corrected chi connectivity index (χ0v) is 13.0. The van der Waals surface area contributed by atoms with E-state index in [9.17, 15) is 4.79 Å². The average molecular weight is 294 g/mol. The van der Waals surface area contributed by atoms with E-state index >= 15 is 0 Å². The predicted molar refractivity (Wildman–Crippen MR) is 90.6 cm³/mol. The summed E-state index contributed by atoms with van der Waals surface area (Å²) in [5.41, 5.74) is 4.56. The van der Waals surface area contributed by atoms with Crippen LogP contribution in [0.4, 0.5) is 11.4 Å². The van der Waals surface area contributed by atoms with Crippen LogP contribution < -0.4 is 10.2 Å². The Morgan fingerprint density at radius 1 is 1.00 bits per heavy atom. The number of hydrogen-bond acceptors (Lipinski definition) is 2. The Kier molecular flexibility index (Phi) is 4.54. The highest BCUT2D eigenvalue weighted by atomic mass is 16.2. The lowest BCUT2D eigenvalue weighted by atomic mass is 10.0. The van der Waals surface area contributed by atoms with E-state index in [1.807, 2.05) is 17.0 Å². The third-order valence-electron chi connectivity index (χ3n) is 4.14. The first-order valence-electron chi connectivity index (χ1n) is 8.00. The number of fused-ring (bicyclic) bond motifs is 2. The number of rotatable bonds is 4. The number of para-hydroxylation sites is 2. The molecule has 2 aromatic rings. The monoisotopic (exact) mass is 294 g/mol. The fourth-order valence-electron chi connectivity index (χ4n) is 3.03. The molecule has 0 saturated heterocycles. The number of aryl methyl sites for hydroxylation is 2. The Labute approximate surface area is 132 Å². The van der Waals surface area contributed by atoms with E-state index in [-0.39, 0.29) is 5.91 Å². The van der Waals surface area contributed by atoms with Crippen molar-refractivity contribution in [2.24, 2.45) is 0 Å². The Morgan fingerprint density at radius 2 is 1.55 bits per heavy atom. The summed E-state index contributed by atoms with van der Waals surface area (Å²) < 4.78 is 0. The van der Waals surface area contributed by atoms with E-state index in [4.69, 9.17) is 0 Å². The van der Waals surface area contributed by atoms with Gasteiger partial charge >= 0.3 is 0 Å². The van der Waals surface area contributed by atoms with Crippen LogP contribution >= 0.6 is 0 Å². The minimum atomic E-state index is 0.155. The van der Waals surface area contributed by atoms with Crippen molar-refractivity contribution >= 4 is 17.3 Å². The second-order valence-electron chi connectivity index (χ2n) is 5.59. The highest BCUT2D eigenvalue weighted by Crippen LogP contribution is 2.36. The molecular formula is C19H22N2O. The van der Waals surface area contributed by atoms with Crippen molar-refractivity contribution in [3.05, 3.63) is 59.7 Å². The Balaban J connectivity index is 2.00. The lowest BCUT2D eigenvalue weighted by molar-refractivity contribution is -0.117. The van der Waals surface area contributed by atoms with Crippen molar-refractivity contribution in [1.82, 2.24) is 5.32 Å². The molecule has 0 saturated carbocycles. The maximum atomic E-state index is 12.8. The first-order valence-corrected chi connectivity index (χ1v) is 8.00. The molecule has 0 bridgehead atoms. The van der Waals surface area contributed by atoms with Gasteiger partial charge < -0.3 is 5.32 Å². The van der Waals surface area contributed by atoms with Crippen molar-refractivity contribution < 1.29 is 4.79 Å². The highest BCUT2D eigenvalue weighted by molar-refractivity contribution is 6.02. The fraction of sp³-hybridized carbons (Fsp3) is 0.316. The number of benzene rings is 2. The van der Waals surface area contributed by atoms with Gasteiger partial charge in [0, 0.05) is 13.0 Å². The number of carbonyl (C=O) groups is 1. The van der Waals surface area contributed by atoms with E-state index in [1.54, 1.807) is 0 Å². The molecular weight excluding hydrogens is 272 g/mol. The lowest BCUT2D eigenvalue weighted by Gasteiger charge is -2.25. The van der Waals surface area contributed by atoms with Crippen LogP contribution in [0.1, 0.15) is 24.5 Å². The van der Waals surface area contributed by atoms with Crippen LogP contribution in [-0.2, 0) is 17.6 Å². The molecule has 0 unspecified atom stereocenters. The molecule has 0 fully saturated rings. The highest BCUT2D eigenvalue weighted by Gasteiger charge is 2.24. The largest absolute Gasteiger partial charge is 0.316 e. The molecule has 114 valence electrons. The molecule has 0 aromatic heterocycles. The summed E-state index contributed by atoms with van der Waals surface area (Å²) in [7, 11) is 0. The molecule has 22 heavy (non-hydrogen) atoms. The summed E-state index contributed by atoms with van der Waals surface area (Å²) in [5.74, 6) is 0.155. The van der Waals surface area contributed by atoms with Gasteiger partial charge in [0.2, 0.25) is 5.91 Å². The molecule has 3 heteroatoms. The Bertz CT molecular complexity index is 618. The molecule has 1 N–H and O–H groups in total. The van der Waals surface area contributed by atoms with Crippen LogP contribution in [0.15, 0.2) is 48.5 Å². The van der Waals surface area contributed by atoms with E-state index in [2.05, 4.69) is 48.6 Å². The van der Waals surface area contributed by atoms with Gasteiger partial charge in [-0.25, -0.2) is 0 Å². The summed E-state index contributed by atoms with van der Waals surface area (Å²) in [5, 5.41) is 3.23. The second kappa shape index (κ2) is 6.75. The van der Waals surface area contributed by atoms with Gasteiger partial charge in [0.05, 0.1) is 11.4 Å². The Morgan fingerprint density at radius 3 is 2.09 bits per heavy atom. The van der Waals surface area contributed by atoms with Crippen molar-refractivity contribution in [2.45, 2.75) is 26.2 Å². The number of nitrogens with zero attached hydrogens (tertiary/aromatic N) is 1. The molecule has 0 atom stereocenters. The van der Waals surface area contributed by atoms with Crippen LogP contribution in [0, 0.1) is 0 Å². The van der Waals surface area contributed by atoms with Crippen molar-refractivity contribution in [3.8, 4) is 0 Å². The SMILES string of the molecule is CCNCCC(=O)N1c2ccccc2CCc2ccccc21. The van der Waals surface area contributed by atoms with E-state index < -0.39 is 0 Å². The number of anilines is 2. The minimum Gasteiger partial charge on any atom is -0.316 e. The van der Waals surface area contributed by atoms with Crippen LogP contribution in [0.5, 0.6) is 0 Å². The van der Waals surface area contributed by atoms with E-state index in [1.165, 1.54) is 11.1 Å². The van der Waals surface area contributed by atoms with Gasteiger partial charge in [0.1, 0.15) is 0 Å². The molecule has 1 amide bonds. The van der Waals surface area contributed by atoms with Crippen LogP contribution in [0.2, 0.25) is 0 Å². The van der Waals surface area contributed by atoms with Crippen LogP contribution in [0.25, 0.3) is 0 Å². The molecule has 0 aliphatic carbocycles. The predicted octanol–water partition coefficient (Wildman–Crippen LogP) is 3.45. The van der Waals surface area contributed by atoms with Gasteiger partial charge in [0.15, 0.2) is 0 Å². The van der Waals surface area contributed by atoms with Crippen LogP contribution in [-0.4, -0.2) is 19.0 Å². The minimum absolute atomic E-state index is 0.155. The summed E-state index contributed by atoms with van der Waals surface area (Å²) in [4.78, 5) is 14.7. The second-order valence-corrected chi connectivity index (χ2v) is 5.59. The standard InChI is InChI=1S/C19H22N2O/c1-2-20-14-13-19(22)21-17-9-5-3-7-15(17)11-12-16-8-4-6-10-18(16)21/h3-10,20H,2,11-14H2,1H3. The summed E-state index contributed by atoms with van der Waals surface area (Å²) in [6, 6.07) is 16.5. The summed E-state index contributed by atoms with van der Waals surface area (Å²) in [6.07, 6.45) is 2.46. The topological polar surface area (TPSA) is 32.3 Å². The zero-order valence-electron chi connectivity index (χ0n) is 13.0. The molecule has 2 aromatic carbocycles. The van der Waals surface area contributed by atoms with Gasteiger partial charge in [-0.15, -0.1) is 0 Å². The first-order chi connectivity index (χ1) is 10.8. The molecule has 3 rings (SSSR count). The van der Waals surface area contributed by atoms with E-state index in [0.717, 1.165) is 37.3 Å². The zero-order chi connectivity index (χ0) is 15.4. The molecule has 3 nitrogen and oxygen atoms in total. The number of nitrogens with one attached hydrogen (secondary N) is 1. The Hall–Kier alpha value is -2.13. The maximum absolute atomic E-state index is 12.8. The molecule has 1 heterocycles. The smallest absolute Gasteiger partial charge is 0.232 e. The van der Waals surface area contributed by atoms with Crippen LogP contribution in [0.3, 0.4) is 0 Å². The fourth-order valence-corrected chi connectivity index (χ4v) is 3.03. The lowest BCUT2D eigenvalue weighted by Crippen LogP contribution is -2.30. The van der Waals surface area contributed by atoms with Gasteiger partial charge in [-0.2, -0.15) is 0 Å². The summed E-state index contributed by atoms with van der Waals surface area (Å²) in [6.45, 7) is 3.66. The first kappa shape index (κ1) is 14.8. The number of amides is 1. The van der Waals surface area contributed by atoms with Gasteiger partial charge in [-0.05, 0) is 42.6 Å². The summed E-state index contributed by atoms with van der Waals surface area (Å²) >= 11 is 0. The molecule has 1 aliphatic rings. The molecule has 0 radical (unpaired) electrons. The van der Waals surface area contributed by atoms with Crippen molar-refractivity contribution in [3.63, 3.8) is 0 Å². The third-order valence-corrected chi connectivity index (χ3v) is 4.14. The van der Waals surface area contributed by atoms with Gasteiger partial charge in [-0.1, -0.05) is 43.3 Å². The normalized spacial score (nSPS) is 13.2. The molecule has 0 spiro atoms. The number of carbonyl (C=O) groups excluding carboxylic acids is 1. The van der Waals surface area contributed by atoms with Gasteiger partial charge in [0.25, 0.3) is 0 Å². The van der Waals surface area contributed by atoms with Crippen molar-refractivity contribution in [1.29, 1.82) is 0 Å². The average Bonchev–Trinajstić information content (AvgIpc) is 2.72. The van der Waals surface area contributed by atoms with E-state index in [0.29, 0.717) is 6.42 Å². The quantitative estimate of drug-likeness (QED) is 0.876. The maximum Gasteiger partial charge on any atom is 0.232 e. The molecule has 1 aliphatic heterocycles. The van der Waals surface area contributed by atoms with Gasteiger partial charge in [-0.3, -0.25) is 9.69 Å².